The Labute approximate surface area is 211 Å². The molecule has 2 saturated carbocycles. The number of nitrogens with zero attached hydrogens (tertiary/aromatic N) is 4. The van der Waals surface area contributed by atoms with Crippen LogP contribution in [0.2, 0.25) is 0 Å². The molecule has 2 aliphatic carbocycles. The van der Waals surface area contributed by atoms with E-state index >= 15 is 0 Å². The smallest absolute Gasteiger partial charge is 0.419 e. The Hall–Kier alpha value is -3.24. The van der Waals surface area contributed by atoms with Gasteiger partial charge >= 0.3 is 6.18 Å². The third-order valence-corrected chi connectivity index (χ3v) is 7.34. The molecule has 0 aromatic carbocycles. The quantitative estimate of drug-likeness (QED) is 0.390. The molecule has 37 heavy (non-hydrogen) atoms. The van der Waals surface area contributed by atoms with Gasteiger partial charge in [-0.15, -0.1) is 0 Å². The van der Waals surface area contributed by atoms with Crippen molar-refractivity contribution in [3.63, 3.8) is 0 Å². The maximum Gasteiger partial charge on any atom is 0.419 e. The Morgan fingerprint density at radius 1 is 1.11 bits per heavy atom. The van der Waals surface area contributed by atoms with Gasteiger partial charge in [0, 0.05) is 49.2 Å². The second-order valence-corrected chi connectivity index (χ2v) is 9.78. The van der Waals surface area contributed by atoms with E-state index in [1.54, 1.807) is 0 Å². The third kappa shape index (κ3) is 5.26. The molecule has 0 spiro atoms. The van der Waals surface area contributed by atoms with Crippen LogP contribution in [0, 0.1) is 5.82 Å². The summed E-state index contributed by atoms with van der Waals surface area (Å²) in [6, 6.07) is 2.66. The topological polar surface area (TPSA) is 81.9 Å². The van der Waals surface area contributed by atoms with Crippen molar-refractivity contribution in [2.24, 2.45) is 0 Å². The lowest BCUT2D eigenvalue weighted by Gasteiger charge is -2.29. The number of pyridine rings is 2. The molecule has 2 fully saturated rings. The number of nitrogens with one attached hydrogen (secondary N) is 1. The molecule has 2 aliphatic rings. The fourth-order valence-corrected chi connectivity index (χ4v) is 5.42. The molecular weight excluding hydrogens is 490 g/mol. The first-order valence-electron chi connectivity index (χ1n) is 12.8. The molecule has 1 N–H and O–H groups in total. The number of carbonyl (C=O) groups is 1. The zero-order chi connectivity index (χ0) is 26.2. The summed E-state index contributed by atoms with van der Waals surface area (Å²) in [7, 11) is 0. The number of Topliss-reactive ketones (excluding diaryl/α,β-unsaturated/α-hetero) is 1. The van der Waals surface area contributed by atoms with Crippen LogP contribution in [-0.4, -0.2) is 38.2 Å². The maximum atomic E-state index is 14.4. The van der Waals surface area contributed by atoms with Crippen molar-refractivity contribution < 1.29 is 27.1 Å². The van der Waals surface area contributed by atoms with Gasteiger partial charge in [-0.3, -0.25) is 9.48 Å². The Morgan fingerprint density at radius 3 is 2.51 bits per heavy atom. The van der Waals surface area contributed by atoms with E-state index in [0.29, 0.717) is 44.6 Å². The molecule has 0 amide bonds. The first-order valence-corrected chi connectivity index (χ1v) is 12.8. The van der Waals surface area contributed by atoms with Gasteiger partial charge < -0.3 is 10.1 Å². The van der Waals surface area contributed by atoms with Gasteiger partial charge in [0.25, 0.3) is 5.88 Å². The van der Waals surface area contributed by atoms with Crippen molar-refractivity contribution in [3.8, 4) is 5.88 Å². The summed E-state index contributed by atoms with van der Waals surface area (Å²) in [5.41, 5.74) is 0.552. The van der Waals surface area contributed by atoms with E-state index in [4.69, 9.17) is 9.84 Å². The van der Waals surface area contributed by atoms with Gasteiger partial charge in [-0.25, -0.2) is 14.4 Å². The predicted molar refractivity (Wildman–Crippen MR) is 129 cm³/mol. The molecule has 0 unspecified atom stereocenters. The van der Waals surface area contributed by atoms with Gasteiger partial charge in [0.05, 0.1) is 22.8 Å². The molecule has 3 heterocycles. The van der Waals surface area contributed by atoms with Gasteiger partial charge in [-0.05, 0) is 51.5 Å². The number of ketones is 1. The molecule has 3 aromatic rings. The highest BCUT2D eigenvalue weighted by atomic mass is 19.4. The summed E-state index contributed by atoms with van der Waals surface area (Å²) in [6.07, 6.45) is 2.58. The monoisotopic (exact) mass is 519 g/mol. The van der Waals surface area contributed by atoms with E-state index < -0.39 is 29.5 Å². The average Bonchev–Trinajstić information content (AvgIpc) is 3.24. The second kappa shape index (κ2) is 10.3. The highest BCUT2D eigenvalue weighted by Gasteiger charge is 2.37. The van der Waals surface area contributed by atoms with Crippen LogP contribution in [0.15, 0.2) is 24.5 Å². The Bertz CT molecular complexity index is 1270. The number of alkyl halides is 3. The van der Waals surface area contributed by atoms with Crippen molar-refractivity contribution in [2.45, 2.75) is 82.5 Å². The molecule has 198 valence electrons. The van der Waals surface area contributed by atoms with Crippen LogP contribution in [0.5, 0.6) is 5.88 Å². The zero-order valence-corrected chi connectivity index (χ0v) is 20.5. The minimum atomic E-state index is -4.81. The Morgan fingerprint density at radius 2 is 1.84 bits per heavy atom. The van der Waals surface area contributed by atoms with E-state index in [1.165, 1.54) is 0 Å². The standard InChI is InChI=1S/C26H29F4N5O2/c1-2-31-22-13-21-19(14-33-22)24(15-3-7-17(36)8-4-15)34-35(21)16-5-9-18(10-6-16)37-25-23(27)20(11-12-32-25)26(28,29)30/h11-16,18H,2-10H2,1H3,(H,31,33)/t16-,18+. The van der Waals surface area contributed by atoms with Crippen molar-refractivity contribution >= 4 is 22.5 Å². The number of aromatic nitrogens is 4. The van der Waals surface area contributed by atoms with Gasteiger partial charge in [-0.2, -0.15) is 18.3 Å². The number of hydrogen-bond acceptors (Lipinski definition) is 6. The normalized spacial score (nSPS) is 21.4. The summed E-state index contributed by atoms with van der Waals surface area (Å²) < 4.78 is 61.2. The number of carbonyl (C=O) groups excluding carboxylic acids is 1. The van der Waals surface area contributed by atoms with E-state index in [0.717, 1.165) is 48.0 Å². The van der Waals surface area contributed by atoms with Gasteiger partial charge in [0.2, 0.25) is 0 Å². The highest BCUT2D eigenvalue weighted by Crippen LogP contribution is 2.39. The van der Waals surface area contributed by atoms with Crippen molar-refractivity contribution in [3.05, 3.63) is 41.6 Å². The number of ether oxygens (including phenoxy) is 1. The van der Waals surface area contributed by atoms with Crippen LogP contribution in [0.3, 0.4) is 0 Å². The van der Waals surface area contributed by atoms with Crippen molar-refractivity contribution in [2.75, 3.05) is 11.9 Å². The lowest BCUT2D eigenvalue weighted by Crippen LogP contribution is -2.27. The van der Waals surface area contributed by atoms with Crippen LogP contribution in [0.25, 0.3) is 10.9 Å². The van der Waals surface area contributed by atoms with Crippen molar-refractivity contribution in [1.29, 1.82) is 0 Å². The number of halogens is 4. The third-order valence-electron chi connectivity index (χ3n) is 7.34. The largest absolute Gasteiger partial charge is 0.472 e. The Kier molecular flexibility index (Phi) is 7.04. The molecule has 0 bridgehead atoms. The number of anilines is 1. The molecule has 0 saturated heterocycles. The summed E-state index contributed by atoms with van der Waals surface area (Å²) in [5, 5.41) is 9.24. The van der Waals surface area contributed by atoms with Gasteiger partial charge in [-0.1, -0.05) is 0 Å². The number of hydrogen-bond donors (Lipinski definition) is 1. The van der Waals surface area contributed by atoms with Gasteiger partial charge in [0.1, 0.15) is 17.7 Å². The highest BCUT2D eigenvalue weighted by molar-refractivity contribution is 5.85. The molecule has 0 aliphatic heterocycles. The van der Waals surface area contributed by atoms with Gasteiger partial charge in [0.15, 0.2) is 5.82 Å². The molecule has 7 nitrogen and oxygen atoms in total. The van der Waals surface area contributed by atoms with Crippen LogP contribution >= 0.6 is 0 Å². The number of rotatable bonds is 6. The molecule has 0 radical (unpaired) electrons. The predicted octanol–water partition coefficient (Wildman–Crippen LogP) is 6.21. The van der Waals surface area contributed by atoms with Crippen LogP contribution < -0.4 is 10.1 Å². The summed E-state index contributed by atoms with van der Waals surface area (Å²) in [4.78, 5) is 20.0. The lowest BCUT2D eigenvalue weighted by molar-refractivity contribution is -0.140. The Balaban J connectivity index is 1.36. The van der Waals surface area contributed by atoms with E-state index in [1.807, 2.05) is 23.9 Å². The molecule has 11 heteroatoms. The summed E-state index contributed by atoms with van der Waals surface area (Å²) in [6.45, 7) is 2.73. The number of fused-ring (bicyclic) bond motifs is 1. The molecule has 5 rings (SSSR count). The maximum absolute atomic E-state index is 14.4. The lowest BCUT2D eigenvalue weighted by atomic mass is 9.85. The van der Waals surface area contributed by atoms with E-state index in [2.05, 4.69) is 15.3 Å². The molecule has 0 atom stereocenters. The first-order chi connectivity index (χ1) is 17.7. The van der Waals surface area contributed by atoms with E-state index in [9.17, 15) is 22.4 Å². The fourth-order valence-electron chi connectivity index (χ4n) is 5.42. The fraction of sp³-hybridized carbons (Fsp3) is 0.538. The first kappa shape index (κ1) is 25.4. The minimum Gasteiger partial charge on any atom is -0.472 e. The van der Waals surface area contributed by atoms with Crippen LogP contribution in [-0.2, 0) is 11.0 Å². The van der Waals surface area contributed by atoms with E-state index in [-0.39, 0.29) is 17.7 Å². The van der Waals surface area contributed by atoms with Crippen LogP contribution in [0.4, 0.5) is 23.4 Å². The summed E-state index contributed by atoms with van der Waals surface area (Å²) in [5.74, 6) is -0.849. The van der Waals surface area contributed by atoms with Crippen LogP contribution in [0.1, 0.15) is 81.5 Å². The summed E-state index contributed by atoms with van der Waals surface area (Å²) >= 11 is 0. The minimum absolute atomic E-state index is 0.0533. The average molecular weight is 520 g/mol. The molecule has 3 aromatic heterocycles. The SMILES string of the molecule is CCNc1cc2c(cn1)c(C1CCC(=O)CC1)nn2[C@H]1CC[C@@H](Oc2nccc(C(F)(F)F)c2F)CC1. The zero-order valence-electron chi connectivity index (χ0n) is 20.5. The van der Waals surface area contributed by atoms with Crippen molar-refractivity contribution in [1.82, 2.24) is 19.7 Å². The second-order valence-electron chi connectivity index (χ2n) is 9.78. The molecular formula is C26H29F4N5O2.